The van der Waals surface area contributed by atoms with Gasteiger partial charge in [0.25, 0.3) is 0 Å². The quantitative estimate of drug-likeness (QED) is 0.862. The van der Waals surface area contributed by atoms with Gasteiger partial charge in [0.05, 0.1) is 5.92 Å². The van der Waals surface area contributed by atoms with Crippen molar-refractivity contribution in [1.29, 1.82) is 0 Å². The second-order valence-electron chi connectivity index (χ2n) is 7.74. The molecule has 0 unspecified atom stereocenters. The molecule has 2 aromatic rings. The summed E-state index contributed by atoms with van der Waals surface area (Å²) < 4.78 is 16.2. The first kappa shape index (κ1) is 18.7. The van der Waals surface area contributed by atoms with E-state index >= 15 is 0 Å². The molecule has 0 spiro atoms. The van der Waals surface area contributed by atoms with Crippen LogP contribution in [-0.4, -0.2) is 38.9 Å². The fourth-order valence-electron chi connectivity index (χ4n) is 4.38. The number of nitrogens with one attached hydrogen (secondary N) is 1. The molecule has 4 rings (SSSR count). The lowest BCUT2D eigenvalue weighted by Crippen LogP contribution is -2.39. The van der Waals surface area contributed by atoms with Gasteiger partial charge in [0.1, 0.15) is 17.7 Å². The highest BCUT2D eigenvalue weighted by Crippen LogP contribution is 2.30. The second-order valence-corrected chi connectivity index (χ2v) is 7.74. The minimum absolute atomic E-state index is 0.0477. The lowest BCUT2D eigenvalue weighted by molar-refractivity contribution is -0.130. The van der Waals surface area contributed by atoms with E-state index in [4.69, 9.17) is 0 Å². The molecule has 1 saturated heterocycles. The van der Waals surface area contributed by atoms with Crippen LogP contribution in [0, 0.1) is 11.7 Å². The summed E-state index contributed by atoms with van der Waals surface area (Å²) in [6, 6.07) is 5.94. The van der Waals surface area contributed by atoms with Crippen molar-refractivity contribution in [2.75, 3.05) is 6.54 Å². The van der Waals surface area contributed by atoms with Crippen molar-refractivity contribution in [3.05, 3.63) is 53.9 Å². The second kappa shape index (κ2) is 7.73. The molecule has 6 nitrogen and oxygen atoms in total. The summed E-state index contributed by atoms with van der Waals surface area (Å²) in [6.45, 7) is 0.444. The van der Waals surface area contributed by atoms with Crippen LogP contribution in [0.25, 0.3) is 0 Å². The molecule has 2 amide bonds. The van der Waals surface area contributed by atoms with Gasteiger partial charge in [-0.05, 0) is 18.9 Å². The molecule has 148 valence electrons. The molecule has 0 radical (unpaired) electrons. The van der Waals surface area contributed by atoms with Gasteiger partial charge in [0.2, 0.25) is 11.8 Å². The number of benzene rings is 1. The van der Waals surface area contributed by atoms with Crippen LogP contribution in [0.5, 0.6) is 0 Å². The van der Waals surface area contributed by atoms with Gasteiger partial charge in [-0.3, -0.25) is 9.59 Å². The monoisotopic (exact) mass is 384 g/mol. The van der Waals surface area contributed by atoms with Crippen molar-refractivity contribution in [3.63, 3.8) is 0 Å². The molecule has 1 saturated carbocycles. The summed E-state index contributed by atoms with van der Waals surface area (Å²) in [6.07, 6.45) is 7.91. The Hall–Kier alpha value is -2.70. The first-order valence-electron chi connectivity index (χ1n) is 9.86. The zero-order chi connectivity index (χ0) is 19.7. The normalized spacial score (nSPS) is 21.3. The standard InChI is InChI=1S/C21H25FN4O2/c1-25-11-10-23-20(25)19(16-8-4-5-9-17(16)22)24-21(28)14-12-18(27)26(13-14)15-6-2-3-7-15/h4-5,8-11,14-15,19H,2-3,6-7,12-13H2,1H3,(H,24,28)/t14-,19+/m0/s1. The molecule has 0 bridgehead atoms. The van der Waals surface area contributed by atoms with Crippen molar-refractivity contribution in [2.24, 2.45) is 13.0 Å². The number of aryl methyl sites for hydroxylation is 1. The maximum atomic E-state index is 14.5. The summed E-state index contributed by atoms with van der Waals surface area (Å²) in [5.41, 5.74) is 0.363. The number of carbonyl (C=O) groups is 2. The molecule has 1 aromatic carbocycles. The fraction of sp³-hybridized carbons (Fsp3) is 0.476. The molecule has 7 heteroatoms. The topological polar surface area (TPSA) is 67.2 Å². The smallest absolute Gasteiger partial charge is 0.226 e. The van der Waals surface area contributed by atoms with Gasteiger partial charge in [-0.2, -0.15) is 0 Å². The number of halogens is 1. The van der Waals surface area contributed by atoms with Crippen LogP contribution >= 0.6 is 0 Å². The van der Waals surface area contributed by atoms with Crippen LogP contribution in [0.4, 0.5) is 4.39 Å². The van der Waals surface area contributed by atoms with E-state index in [0.29, 0.717) is 17.9 Å². The number of imidazole rings is 1. The molecule has 1 aliphatic carbocycles. The van der Waals surface area contributed by atoms with Crippen LogP contribution in [0.2, 0.25) is 0 Å². The average molecular weight is 384 g/mol. The zero-order valence-electron chi connectivity index (χ0n) is 16.0. The third kappa shape index (κ3) is 3.53. The lowest BCUT2D eigenvalue weighted by atomic mass is 10.0. The van der Waals surface area contributed by atoms with Crippen molar-refractivity contribution < 1.29 is 14.0 Å². The first-order chi connectivity index (χ1) is 13.5. The number of carbonyl (C=O) groups excluding carboxylic acids is 2. The highest BCUT2D eigenvalue weighted by molar-refractivity contribution is 5.89. The molecule has 1 N–H and O–H groups in total. The molecule has 28 heavy (non-hydrogen) atoms. The van der Waals surface area contributed by atoms with Gasteiger partial charge in [-0.25, -0.2) is 9.37 Å². The highest BCUT2D eigenvalue weighted by Gasteiger charge is 2.39. The molecule has 2 aliphatic rings. The Bertz CT molecular complexity index is 875. The summed E-state index contributed by atoms with van der Waals surface area (Å²) in [5.74, 6) is -0.444. The SMILES string of the molecule is Cn1ccnc1[C@H](NC(=O)[C@H]1CC(=O)N(C2CCCC2)C1)c1ccccc1F. The van der Waals surface area contributed by atoms with Gasteiger partial charge in [0, 0.05) is 44.0 Å². The number of rotatable bonds is 5. The molecule has 2 heterocycles. The van der Waals surface area contributed by atoms with E-state index in [1.54, 1.807) is 35.2 Å². The van der Waals surface area contributed by atoms with Crippen molar-refractivity contribution >= 4 is 11.8 Å². The van der Waals surface area contributed by atoms with Gasteiger partial charge in [0.15, 0.2) is 0 Å². The summed E-state index contributed by atoms with van der Waals surface area (Å²) in [7, 11) is 1.81. The summed E-state index contributed by atoms with van der Waals surface area (Å²) in [4.78, 5) is 31.6. The van der Waals surface area contributed by atoms with E-state index in [2.05, 4.69) is 10.3 Å². The van der Waals surface area contributed by atoms with Crippen LogP contribution in [0.1, 0.15) is 49.5 Å². The van der Waals surface area contributed by atoms with E-state index in [9.17, 15) is 14.0 Å². The summed E-state index contributed by atoms with van der Waals surface area (Å²) >= 11 is 0. The van der Waals surface area contributed by atoms with E-state index in [1.165, 1.54) is 6.07 Å². The highest BCUT2D eigenvalue weighted by atomic mass is 19.1. The predicted molar refractivity (Wildman–Crippen MR) is 102 cm³/mol. The van der Waals surface area contributed by atoms with Crippen LogP contribution in [0.15, 0.2) is 36.7 Å². The van der Waals surface area contributed by atoms with Crippen LogP contribution < -0.4 is 5.32 Å². The number of amides is 2. The summed E-state index contributed by atoms with van der Waals surface area (Å²) in [5, 5.41) is 2.95. The zero-order valence-corrected chi connectivity index (χ0v) is 16.0. The first-order valence-corrected chi connectivity index (χ1v) is 9.86. The molecular weight excluding hydrogens is 359 g/mol. The number of hydrogen-bond donors (Lipinski definition) is 1. The van der Waals surface area contributed by atoms with Gasteiger partial charge in [-0.1, -0.05) is 31.0 Å². The van der Waals surface area contributed by atoms with E-state index < -0.39 is 17.8 Å². The maximum Gasteiger partial charge on any atom is 0.226 e. The Labute approximate surface area is 163 Å². The van der Waals surface area contributed by atoms with E-state index in [0.717, 1.165) is 25.7 Å². The Morgan fingerprint density at radius 1 is 1.29 bits per heavy atom. The molecule has 2 atom stereocenters. The number of nitrogens with zero attached hydrogens (tertiary/aromatic N) is 3. The maximum absolute atomic E-state index is 14.5. The Morgan fingerprint density at radius 2 is 2.04 bits per heavy atom. The minimum atomic E-state index is -0.704. The predicted octanol–water partition coefficient (Wildman–Crippen LogP) is 2.56. The number of hydrogen-bond acceptors (Lipinski definition) is 3. The third-order valence-electron chi connectivity index (χ3n) is 5.91. The van der Waals surface area contributed by atoms with Crippen LogP contribution in [0.3, 0.4) is 0 Å². The Balaban J connectivity index is 1.54. The minimum Gasteiger partial charge on any atom is -0.342 e. The largest absolute Gasteiger partial charge is 0.342 e. The Morgan fingerprint density at radius 3 is 2.71 bits per heavy atom. The average Bonchev–Trinajstić information content (AvgIpc) is 3.41. The Kier molecular flexibility index (Phi) is 5.15. The van der Waals surface area contributed by atoms with E-state index in [-0.39, 0.29) is 24.3 Å². The van der Waals surface area contributed by atoms with Crippen molar-refractivity contribution in [2.45, 2.75) is 44.2 Å². The molecule has 1 aliphatic heterocycles. The van der Waals surface area contributed by atoms with Gasteiger partial charge >= 0.3 is 0 Å². The number of aromatic nitrogens is 2. The fourth-order valence-corrected chi connectivity index (χ4v) is 4.38. The van der Waals surface area contributed by atoms with Crippen molar-refractivity contribution in [1.82, 2.24) is 19.8 Å². The van der Waals surface area contributed by atoms with E-state index in [1.807, 2.05) is 11.9 Å². The van der Waals surface area contributed by atoms with Gasteiger partial charge in [-0.15, -0.1) is 0 Å². The number of likely N-dealkylation sites (tertiary alicyclic amines) is 1. The third-order valence-corrected chi connectivity index (χ3v) is 5.91. The van der Waals surface area contributed by atoms with Crippen LogP contribution in [-0.2, 0) is 16.6 Å². The molecule has 1 aromatic heterocycles. The molecular formula is C21H25FN4O2. The van der Waals surface area contributed by atoms with Crippen molar-refractivity contribution in [3.8, 4) is 0 Å². The van der Waals surface area contributed by atoms with Gasteiger partial charge < -0.3 is 14.8 Å². The molecule has 2 fully saturated rings. The lowest BCUT2D eigenvalue weighted by Gasteiger charge is -2.24.